The second-order valence-corrected chi connectivity index (χ2v) is 4.12. The number of thioether (sulfide) groups is 1. The van der Waals surface area contributed by atoms with Crippen molar-refractivity contribution in [2.75, 3.05) is 5.75 Å². The van der Waals surface area contributed by atoms with Crippen LogP contribution < -0.4 is 0 Å². The Hall–Kier alpha value is -1.36. The Morgan fingerprint density at radius 2 is 2.40 bits per heavy atom. The van der Waals surface area contributed by atoms with Gasteiger partial charge in [0.1, 0.15) is 5.82 Å². The normalized spacial score (nSPS) is 20.1. The molecule has 1 heterocycles. The van der Waals surface area contributed by atoms with E-state index >= 15 is 0 Å². The van der Waals surface area contributed by atoms with E-state index < -0.39 is 12.0 Å². The molecule has 1 aliphatic heterocycles. The van der Waals surface area contributed by atoms with Crippen LogP contribution in [0.4, 0.5) is 4.39 Å². The SMILES string of the molecule is O=C(O)[C@@H]1CSC(c2cccc(F)c2)=N1. The molecular formula is C10H8FNO2S. The van der Waals surface area contributed by atoms with E-state index in [4.69, 9.17) is 5.11 Å². The molecule has 0 amide bonds. The smallest absolute Gasteiger partial charge is 0.329 e. The van der Waals surface area contributed by atoms with Crippen LogP contribution in [-0.4, -0.2) is 27.9 Å². The van der Waals surface area contributed by atoms with Crippen LogP contribution in [-0.2, 0) is 4.79 Å². The lowest BCUT2D eigenvalue weighted by atomic mass is 10.2. The largest absolute Gasteiger partial charge is 0.480 e. The summed E-state index contributed by atoms with van der Waals surface area (Å²) in [6.07, 6.45) is 0. The van der Waals surface area contributed by atoms with Crippen LogP contribution >= 0.6 is 11.8 Å². The number of halogens is 1. The van der Waals surface area contributed by atoms with E-state index in [1.807, 2.05) is 0 Å². The zero-order valence-electron chi connectivity index (χ0n) is 7.68. The molecule has 0 fully saturated rings. The number of hydrogen-bond acceptors (Lipinski definition) is 3. The van der Waals surface area contributed by atoms with Gasteiger partial charge in [0.15, 0.2) is 6.04 Å². The summed E-state index contributed by atoms with van der Waals surface area (Å²) in [5, 5.41) is 9.34. The van der Waals surface area contributed by atoms with E-state index in [0.29, 0.717) is 16.4 Å². The molecule has 2 rings (SSSR count). The van der Waals surface area contributed by atoms with Crippen LogP contribution in [0.25, 0.3) is 0 Å². The number of aliphatic imine (C=N–C) groups is 1. The Labute approximate surface area is 90.0 Å². The van der Waals surface area contributed by atoms with Gasteiger partial charge in [-0.2, -0.15) is 0 Å². The maximum absolute atomic E-state index is 12.9. The summed E-state index contributed by atoms with van der Waals surface area (Å²) >= 11 is 1.34. The molecule has 0 unspecified atom stereocenters. The fraction of sp³-hybridized carbons (Fsp3) is 0.200. The topological polar surface area (TPSA) is 49.7 Å². The Kier molecular flexibility index (Phi) is 2.73. The molecule has 1 aromatic rings. The molecule has 0 saturated heterocycles. The Morgan fingerprint density at radius 1 is 1.60 bits per heavy atom. The van der Waals surface area contributed by atoms with E-state index in [1.165, 1.54) is 23.9 Å². The predicted octanol–water partition coefficient (Wildman–Crippen LogP) is 1.77. The molecule has 1 N–H and O–H groups in total. The molecule has 3 nitrogen and oxygen atoms in total. The summed E-state index contributed by atoms with van der Waals surface area (Å²) in [5.41, 5.74) is 0.642. The van der Waals surface area contributed by atoms with Gasteiger partial charge in [-0.05, 0) is 12.1 Å². The van der Waals surface area contributed by atoms with E-state index in [9.17, 15) is 9.18 Å². The van der Waals surface area contributed by atoms with Crippen molar-refractivity contribution in [2.45, 2.75) is 6.04 Å². The molecule has 1 atom stereocenters. The third-order valence-electron chi connectivity index (χ3n) is 2.01. The number of nitrogens with zero attached hydrogens (tertiary/aromatic N) is 1. The van der Waals surface area contributed by atoms with Crippen molar-refractivity contribution in [3.8, 4) is 0 Å². The van der Waals surface area contributed by atoms with Gasteiger partial charge in [0.2, 0.25) is 0 Å². The van der Waals surface area contributed by atoms with Crippen LogP contribution in [0.3, 0.4) is 0 Å². The molecule has 1 aliphatic rings. The van der Waals surface area contributed by atoms with Crippen molar-refractivity contribution in [1.82, 2.24) is 0 Å². The average molecular weight is 225 g/mol. The zero-order chi connectivity index (χ0) is 10.8. The van der Waals surface area contributed by atoms with Gasteiger partial charge >= 0.3 is 5.97 Å². The summed E-state index contributed by atoms with van der Waals surface area (Å²) in [5.74, 6) is -0.857. The van der Waals surface area contributed by atoms with Crippen molar-refractivity contribution in [3.63, 3.8) is 0 Å². The summed E-state index contributed by atoms with van der Waals surface area (Å²) in [4.78, 5) is 14.7. The fourth-order valence-corrected chi connectivity index (χ4v) is 2.31. The van der Waals surface area contributed by atoms with E-state index in [1.54, 1.807) is 12.1 Å². The summed E-state index contributed by atoms with van der Waals surface area (Å²) in [6, 6.07) is 5.31. The van der Waals surface area contributed by atoms with Gasteiger partial charge in [-0.15, -0.1) is 11.8 Å². The third kappa shape index (κ3) is 2.18. The Morgan fingerprint density at radius 3 is 3.00 bits per heavy atom. The molecule has 15 heavy (non-hydrogen) atoms. The van der Waals surface area contributed by atoms with Gasteiger partial charge < -0.3 is 5.11 Å². The molecule has 5 heteroatoms. The highest BCUT2D eigenvalue weighted by atomic mass is 32.2. The monoisotopic (exact) mass is 225 g/mol. The first-order valence-electron chi connectivity index (χ1n) is 4.36. The first kappa shape index (κ1) is 10.2. The number of aliphatic carboxylic acids is 1. The summed E-state index contributed by atoms with van der Waals surface area (Å²) < 4.78 is 12.9. The highest BCUT2D eigenvalue weighted by Crippen LogP contribution is 2.23. The molecule has 0 aromatic heterocycles. The van der Waals surface area contributed by atoms with Crippen molar-refractivity contribution >= 4 is 22.8 Å². The minimum atomic E-state index is -0.936. The maximum Gasteiger partial charge on any atom is 0.329 e. The molecule has 1 aromatic carbocycles. The lowest BCUT2D eigenvalue weighted by molar-refractivity contribution is -0.137. The van der Waals surface area contributed by atoms with Crippen LogP contribution in [0, 0.1) is 5.82 Å². The highest BCUT2D eigenvalue weighted by Gasteiger charge is 2.25. The minimum absolute atomic E-state index is 0.338. The van der Waals surface area contributed by atoms with Crippen molar-refractivity contribution < 1.29 is 14.3 Å². The predicted molar refractivity (Wildman–Crippen MR) is 56.8 cm³/mol. The van der Waals surface area contributed by atoms with Crippen molar-refractivity contribution in [1.29, 1.82) is 0 Å². The lowest BCUT2D eigenvalue weighted by Gasteiger charge is -1.98. The second-order valence-electron chi connectivity index (χ2n) is 3.11. The molecule has 0 bridgehead atoms. The van der Waals surface area contributed by atoms with Gasteiger partial charge in [0, 0.05) is 11.3 Å². The van der Waals surface area contributed by atoms with Crippen molar-refractivity contribution in [3.05, 3.63) is 35.6 Å². The van der Waals surface area contributed by atoms with Gasteiger partial charge in [0.25, 0.3) is 0 Å². The van der Waals surface area contributed by atoms with Crippen LogP contribution in [0.15, 0.2) is 29.3 Å². The van der Waals surface area contributed by atoms with Gasteiger partial charge in [-0.25, -0.2) is 9.18 Å². The first-order valence-corrected chi connectivity index (χ1v) is 5.35. The summed E-state index contributed by atoms with van der Waals surface area (Å²) in [7, 11) is 0. The van der Waals surface area contributed by atoms with Crippen LogP contribution in [0.2, 0.25) is 0 Å². The van der Waals surface area contributed by atoms with E-state index in [0.717, 1.165) is 0 Å². The van der Waals surface area contributed by atoms with Crippen LogP contribution in [0.1, 0.15) is 5.56 Å². The van der Waals surface area contributed by atoms with E-state index in [2.05, 4.69) is 4.99 Å². The molecule has 0 aliphatic carbocycles. The third-order valence-corrected chi connectivity index (χ3v) is 3.10. The van der Waals surface area contributed by atoms with Gasteiger partial charge in [0.05, 0.1) is 5.04 Å². The number of benzene rings is 1. The molecular weight excluding hydrogens is 217 g/mol. The Balaban J connectivity index is 2.26. The number of hydrogen-bond donors (Lipinski definition) is 1. The number of carboxylic acid groups (broad SMARTS) is 1. The molecule has 78 valence electrons. The Bertz CT molecular complexity index is 433. The second kappa shape index (κ2) is 4.02. The molecule has 0 radical (unpaired) electrons. The zero-order valence-corrected chi connectivity index (χ0v) is 8.50. The standard InChI is InChI=1S/C10H8FNO2S/c11-7-3-1-2-6(4-7)9-12-8(5-15-9)10(13)14/h1-4,8H,5H2,(H,13,14)/t8-/m0/s1. The number of rotatable bonds is 2. The molecule has 0 spiro atoms. The quantitative estimate of drug-likeness (QED) is 0.834. The highest BCUT2D eigenvalue weighted by molar-refractivity contribution is 8.14. The number of carbonyl (C=O) groups is 1. The lowest BCUT2D eigenvalue weighted by Crippen LogP contribution is -2.17. The maximum atomic E-state index is 12.9. The first-order chi connectivity index (χ1) is 7.16. The average Bonchev–Trinajstić information content (AvgIpc) is 2.66. The molecule has 0 saturated carbocycles. The minimum Gasteiger partial charge on any atom is -0.480 e. The fourth-order valence-electron chi connectivity index (χ4n) is 1.28. The van der Waals surface area contributed by atoms with Gasteiger partial charge in [-0.1, -0.05) is 12.1 Å². The van der Waals surface area contributed by atoms with Crippen LogP contribution in [0.5, 0.6) is 0 Å². The van der Waals surface area contributed by atoms with E-state index in [-0.39, 0.29) is 5.82 Å². The van der Waals surface area contributed by atoms with Gasteiger partial charge in [-0.3, -0.25) is 4.99 Å². The summed E-state index contributed by atoms with van der Waals surface area (Å²) in [6.45, 7) is 0. The number of carboxylic acids is 1. The van der Waals surface area contributed by atoms with Crippen molar-refractivity contribution in [2.24, 2.45) is 4.99 Å².